The number of nitrogens with two attached hydrogens (primary N) is 1. The van der Waals surface area contributed by atoms with E-state index in [1.165, 1.54) is 18.2 Å². The van der Waals surface area contributed by atoms with Gasteiger partial charge < -0.3 is 15.8 Å². The molecule has 1 aliphatic carbocycles. The van der Waals surface area contributed by atoms with Crippen molar-refractivity contribution in [1.29, 1.82) is 0 Å². The number of nitrogens with one attached hydrogen (secondary N) is 1. The zero-order valence-electron chi connectivity index (χ0n) is 10.2. The van der Waals surface area contributed by atoms with E-state index in [1.807, 2.05) is 6.92 Å². The zero-order chi connectivity index (χ0) is 14.0. The summed E-state index contributed by atoms with van der Waals surface area (Å²) in [6, 6.07) is 5.84. The molecule has 0 saturated heterocycles. The van der Waals surface area contributed by atoms with Crippen molar-refractivity contribution in [3.63, 3.8) is 0 Å². The molecule has 0 radical (unpaired) electrons. The largest absolute Gasteiger partial charge is 0.573 e. The van der Waals surface area contributed by atoms with Crippen molar-refractivity contribution in [2.24, 2.45) is 16.6 Å². The summed E-state index contributed by atoms with van der Waals surface area (Å²) in [6.07, 6.45) is -3.79. The summed E-state index contributed by atoms with van der Waals surface area (Å²) in [5, 5.41) is 2.63. The minimum atomic E-state index is -4.74. The molecule has 7 heteroatoms. The highest BCUT2D eigenvalue weighted by atomic mass is 19.4. The maximum Gasteiger partial charge on any atom is 0.573 e. The number of halogens is 3. The number of nitrogens with zero attached hydrogens (tertiary/aromatic N) is 1. The Bertz CT molecular complexity index is 487. The van der Waals surface area contributed by atoms with Crippen molar-refractivity contribution in [2.45, 2.75) is 25.7 Å². The van der Waals surface area contributed by atoms with Gasteiger partial charge in [0.05, 0.1) is 11.7 Å². The van der Waals surface area contributed by atoms with Crippen LogP contribution in [-0.4, -0.2) is 18.4 Å². The molecule has 1 aliphatic rings. The predicted octanol–water partition coefficient (Wildman–Crippen LogP) is 2.72. The first-order chi connectivity index (χ1) is 8.85. The van der Waals surface area contributed by atoms with Crippen LogP contribution < -0.4 is 15.8 Å². The van der Waals surface area contributed by atoms with Crippen LogP contribution in [0.1, 0.15) is 13.3 Å². The topological polar surface area (TPSA) is 59.6 Å². The van der Waals surface area contributed by atoms with Crippen molar-refractivity contribution in [3.05, 3.63) is 24.3 Å². The first-order valence-corrected chi connectivity index (χ1v) is 5.80. The van der Waals surface area contributed by atoms with Gasteiger partial charge in [0.2, 0.25) is 0 Å². The monoisotopic (exact) mass is 273 g/mol. The molecule has 0 aromatic heterocycles. The van der Waals surface area contributed by atoms with E-state index in [0.29, 0.717) is 5.92 Å². The molecule has 1 fully saturated rings. The molecule has 4 nitrogen and oxygen atoms in total. The predicted molar refractivity (Wildman–Crippen MR) is 65.9 cm³/mol. The van der Waals surface area contributed by atoms with Crippen LogP contribution in [0.2, 0.25) is 0 Å². The summed E-state index contributed by atoms with van der Waals surface area (Å²) in [6.45, 7) is 2.03. The van der Waals surface area contributed by atoms with Gasteiger partial charge in [-0.2, -0.15) is 0 Å². The SMILES string of the molecule is CC1CC1N=C(N)Nc1ccccc1OC(F)(F)F. The highest BCUT2D eigenvalue weighted by Crippen LogP contribution is 2.33. The normalized spacial score (nSPS) is 23.1. The highest BCUT2D eigenvalue weighted by molar-refractivity contribution is 5.93. The summed E-state index contributed by atoms with van der Waals surface area (Å²) in [5.74, 6) is 0.228. The molecule has 3 N–H and O–H groups in total. The summed E-state index contributed by atoms with van der Waals surface area (Å²) in [5.41, 5.74) is 5.78. The van der Waals surface area contributed by atoms with Crippen LogP contribution in [-0.2, 0) is 0 Å². The molecular formula is C12H14F3N3O. The van der Waals surface area contributed by atoms with E-state index < -0.39 is 6.36 Å². The minimum absolute atomic E-state index is 0.0903. The molecule has 0 bridgehead atoms. The molecule has 2 rings (SSSR count). The third kappa shape index (κ3) is 4.04. The standard InChI is InChI=1S/C12H14F3N3O/c1-7-6-9(7)18-11(16)17-8-4-2-3-5-10(8)19-12(13,14)15/h2-5,7,9H,6H2,1H3,(H3,16,17,18). The van der Waals surface area contributed by atoms with Crippen LogP contribution in [0.15, 0.2) is 29.3 Å². The molecule has 2 unspecified atom stereocenters. The minimum Gasteiger partial charge on any atom is -0.404 e. The maximum atomic E-state index is 12.2. The second-order valence-corrected chi connectivity index (χ2v) is 4.46. The summed E-state index contributed by atoms with van der Waals surface area (Å²) < 4.78 is 40.6. The number of rotatable bonds is 3. The average molecular weight is 273 g/mol. The first kappa shape index (κ1) is 13.5. The molecule has 0 amide bonds. The fourth-order valence-corrected chi connectivity index (χ4v) is 1.61. The molecular weight excluding hydrogens is 259 g/mol. The van der Waals surface area contributed by atoms with Gasteiger partial charge in [0.1, 0.15) is 0 Å². The van der Waals surface area contributed by atoms with Gasteiger partial charge in [-0.25, -0.2) is 4.99 Å². The molecule has 0 spiro atoms. The smallest absolute Gasteiger partial charge is 0.404 e. The van der Waals surface area contributed by atoms with Crippen molar-refractivity contribution in [2.75, 3.05) is 5.32 Å². The molecule has 1 saturated carbocycles. The first-order valence-electron chi connectivity index (χ1n) is 5.80. The molecule has 2 atom stereocenters. The summed E-state index contributed by atoms with van der Waals surface area (Å²) in [4.78, 5) is 4.15. The van der Waals surface area contributed by atoms with Gasteiger partial charge >= 0.3 is 6.36 Å². The molecule has 1 aromatic rings. The van der Waals surface area contributed by atoms with Crippen LogP contribution in [0.3, 0.4) is 0 Å². The second kappa shape index (κ2) is 4.99. The fraction of sp³-hybridized carbons (Fsp3) is 0.417. The Labute approximate surface area is 108 Å². The number of aliphatic imine (C=N–C) groups is 1. The quantitative estimate of drug-likeness (QED) is 0.657. The highest BCUT2D eigenvalue weighted by Gasteiger charge is 2.33. The molecule has 19 heavy (non-hydrogen) atoms. The number of hydrogen-bond acceptors (Lipinski definition) is 2. The van der Waals surface area contributed by atoms with E-state index in [0.717, 1.165) is 6.42 Å². The van der Waals surface area contributed by atoms with Crippen molar-refractivity contribution in [1.82, 2.24) is 0 Å². The number of ether oxygens (including phenoxy) is 1. The zero-order valence-corrected chi connectivity index (χ0v) is 10.2. The number of alkyl halides is 3. The Morgan fingerprint density at radius 3 is 2.63 bits per heavy atom. The van der Waals surface area contributed by atoms with Crippen LogP contribution in [0.25, 0.3) is 0 Å². The van der Waals surface area contributed by atoms with Crippen LogP contribution in [0, 0.1) is 5.92 Å². The van der Waals surface area contributed by atoms with Crippen molar-refractivity contribution in [3.8, 4) is 5.75 Å². The molecule has 104 valence electrons. The average Bonchev–Trinajstić information content (AvgIpc) is 2.95. The third-order valence-corrected chi connectivity index (χ3v) is 2.75. The van der Waals surface area contributed by atoms with E-state index in [1.54, 1.807) is 6.07 Å². The number of benzene rings is 1. The molecule has 0 aliphatic heterocycles. The van der Waals surface area contributed by atoms with Gasteiger partial charge in [0, 0.05) is 0 Å². The van der Waals surface area contributed by atoms with Crippen molar-refractivity contribution < 1.29 is 17.9 Å². The Morgan fingerprint density at radius 1 is 1.42 bits per heavy atom. The third-order valence-electron chi connectivity index (χ3n) is 2.75. The summed E-state index contributed by atoms with van der Waals surface area (Å²) >= 11 is 0. The maximum absolute atomic E-state index is 12.2. The lowest BCUT2D eigenvalue weighted by molar-refractivity contribution is -0.274. The Balaban J connectivity index is 2.09. The lowest BCUT2D eigenvalue weighted by atomic mass is 10.3. The molecule has 1 aromatic carbocycles. The Kier molecular flexibility index (Phi) is 3.55. The molecule has 0 heterocycles. The van der Waals surface area contributed by atoms with Gasteiger partial charge in [-0.05, 0) is 24.5 Å². The number of para-hydroxylation sites is 2. The lowest BCUT2D eigenvalue weighted by Crippen LogP contribution is -2.25. The van der Waals surface area contributed by atoms with Gasteiger partial charge in [-0.3, -0.25) is 0 Å². The number of guanidine groups is 1. The van der Waals surface area contributed by atoms with Gasteiger partial charge in [0.15, 0.2) is 11.7 Å². The van der Waals surface area contributed by atoms with E-state index >= 15 is 0 Å². The number of anilines is 1. The fourth-order valence-electron chi connectivity index (χ4n) is 1.61. The Morgan fingerprint density at radius 2 is 2.05 bits per heavy atom. The van der Waals surface area contributed by atoms with Gasteiger partial charge in [0.25, 0.3) is 0 Å². The van der Waals surface area contributed by atoms with E-state index in [4.69, 9.17) is 5.73 Å². The van der Waals surface area contributed by atoms with E-state index in [9.17, 15) is 13.2 Å². The Hall–Kier alpha value is -1.92. The number of hydrogen-bond donors (Lipinski definition) is 2. The van der Waals surface area contributed by atoms with Gasteiger partial charge in [-0.1, -0.05) is 19.1 Å². The van der Waals surface area contributed by atoms with E-state index in [2.05, 4.69) is 15.0 Å². The second-order valence-electron chi connectivity index (χ2n) is 4.46. The lowest BCUT2D eigenvalue weighted by Gasteiger charge is -2.14. The summed E-state index contributed by atoms with van der Waals surface area (Å²) in [7, 11) is 0. The van der Waals surface area contributed by atoms with Crippen LogP contribution in [0.5, 0.6) is 5.75 Å². The van der Waals surface area contributed by atoms with Gasteiger partial charge in [-0.15, -0.1) is 13.2 Å². The van der Waals surface area contributed by atoms with Crippen LogP contribution in [0.4, 0.5) is 18.9 Å². The van der Waals surface area contributed by atoms with Crippen molar-refractivity contribution >= 4 is 11.6 Å². The van der Waals surface area contributed by atoms with E-state index in [-0.39, 0.29) is 23.4 Å². The van der Waals surface area contributed by atoms with Crippen LogP contribution >= 0.6 is 0 Å².